The molecule has 1 saturated carbocycles. The summed E-state index contributed by atoms with van der Waals surface area (Å²) in [6.07, 6.45) is 5.38. The van der Waals surface area contributed by atoms with E-state index in [9.17, 15) is 0 Å². The number of aromatic nitrogens is 5. The van der Waals surface area contributed by atoms with Crippen LogP contribution in [-0.2, 0) is 6.54 Å². The van der Waals surface area contributed by atoms with E-state index in [0.717, 1.165) is 68.1 Å². The number of hydrogen-bond donors (Lipinski definition) is 1. The molecule has 198 valence electrons. The van der Waals surface area contributed by atoms with Crippen LogP contribution in [-0.4, -0.2) is 74.3 Å². The van der Waals surface area contributed by atoms with Crippen molar-refractivity contribution in [2.75, 3.05) is 39.3 Å². The van der Waals surface area contributed by atoms with E-state index in [2.05, 4.69) is 36.7 Å². The molecule has 4 heterocycles. The Morgan fingerprint density at radius 2 is 1.92 bits per heavy atom. The lowest BCUT2D eigenvalue weighted by atomic mass is 10.1. The van der Waals surface area contributed by atoms with Crippen molar-refractivity contribution in [3.63, 3.8) is 0 Å². The molecule has 9 nitrogen and oxygen atoms in total. The van der Waals surface area contributed by atoms with Crippen molar-refractivity contribution in [1.29, 1.82) is 0 Å². The molecule has 38 heavy (non-hydrogen) atoms. The molecule has 1 N–H and O–H groups in total. The van der Waals surface area contributed by atoms with Crippen LogP contribution in [0.1, 0.15) is 30.9 Å². The maximum Gasteiger partial charge on any atom is 0.245 e. The Bertz CT molecular complexity index is 1450. The zero-order valence-electron chi connectivity index (χ0n) is 21.8. The highest BCUT2D eigenvalue weighted by molar-refractivity contribution is 6.31. The summed E-state index contributed by atoms with van der Waals surface area (Å²) in [6.45, 7) is 10.3. The second-order valence-electron chi connectivity index (χ2n) is 10.3. The minimum Gasteiger partial charge on any atom is -0.476 e. The Labute approximate surface area is 227 Å². The third kappa shape index (κ3) is 5.32. The zero-order valence-corrected chi connectivity index (χ0v) is 22.5. The number of halogens is 1. The van der Waals surface area contributed by atoms with Gasteiger partial charge < -0.3 is 19.4 Å². The monoisotopic (exact) mass is 533 g/mol. The van der Waals surface area contributed by atoms with Gasteiger partial charge in [-0.3, -0.25) is 4.90 Å². The van der Waals surface area contributed by atoms with Crippen LogP contribution in [0.2, 0.25) is 5.02 Å². The topological polar surface area (TPSA) is 90.2 Å². The van der Waals surface area contributed by atoms with Gasteiger partial charge in [0, 0.05) is 55.6 Å². The maximum atomic E-state index is 6.55. The predicted octanol–water partition coefficient (Wildman–Crippen LogP) is 4.11. The van der Waals surface area contributed by atoms with Crippen LogP contribution in [0.4, 0.5) is 0 Å². The van der Waals surface area contributed by atoms with Gasteiger partial charge in [0.15, 0.2) is 11.2 Å². The standard InChI is InChI=1S/C28H32ClN7O2/c1-19-15-23(37-14-13-35-11-9-30-10-12-35)31-16-21(19)25-34-24-26(32-18-33-27(24)38-28(2)7-8-28)36(25)17-20-5-3-4-6-22(20)29/h3-6,15-16,18,30H,7-14,17H2,1-2H3. The largest absolute Gasteiger partial charge is 0.476 e. The number of nitrogens with one attached hydrogen (secondary N) is 1. The summed E-state index contributed by atoms with van der Waals surface area (Å²) in [4.78, 5) is 21.1. The molecule has 0 amide bonds. The number of piperazine rings is 1. The number of ether oxygens (including phenoxy) is 2. The highest BCUT2D eigenvalue weighted by atomic mass is 35.5. The van der Waals surface area contributed by atoms with Gasteiger partial charge in [0.05, 0.1) is 6.54 Å². The van der Waals surface area contributed by atoms with Crippen LogP contribution in [0.15, 0.2) is 42.9 Å². The fraction of sp³-hybridized carbons (Fsp3) is 0.429. The van der Waals surface area contributed by atoms with Gasteiger partial charge in [-0.15, -0.1) is 0 Å². The molecule has 0 bridgehead atoms. The Morgan fingerprint density at radius 3 is 2.68 bits per heavy atom. The van der Waals surface area contributed by atoms with Crippen LogP contribution in [0.5, 0.6) is 11.8 Å². The highest BCUT2D eigenvalue weighted by Gasteiger charge is 2.41. The summed E-state index contributed by atoms with van der Waals surface area (Å²) >= 11 is 6.55. The average Bonchev–Trinajstić information content (AvgIpc) is 3.53. The van der Waals surface area contributed by atoms with E-state index in [-0.39, 0.29) is 5.60 Å². The molecule has 0 atom stereocenters. The maximum absolute atomic E-state index is 6.55. The molecule has 1 aliphatic carbocycles. The van der Waals surface area contributed by atoms with Gasteiger partial charge >= 0.3 is 0 Å². The van der Waals surface area contributed by atoms with Crippen LogP contribution >= 0.6 is 11.6 Å². The van der Waals surface area contributed by atoms with E-state index in [4.69, 9.17) is 26.1 Å². The summed E-state index contributed by atoms with van der Waals surface area (Å²) in [5, 5.41) is 4.07. The van der Waals surface area contributed by atoms with Gasteiger partial charge in [-0.25, -0.2) is 15.0 Å². The first-order valence-corrected chi connectivity index (χ1v) is 13.5. The van der Waals surface area contributed by atoms with Crippen molar-refractivity contribution in [2.24, 2.45) is 0 Å². The van der Waals surface area contributed by atoms with Crippen molar-refractivity contribution >= 4 is 22.8 Å². The molecule has 2 aliphatic rings. The Balaban J connectivity index is 1.33. The van der Waals surface area contributed by atoms with Crippen LogP contribution in [0.3, 0.4) is 0 Å². The molecule has 0 radical (unpaired) electrons. The lowest BCUT2D eigenvalue weighted by Crippen LogP contribution is -2.44. The highest BCUT2D eigenvalue weighted by Crippen LogP contribution is 2.41. The predicted molar refractivity (Wildman–Crippen MR) is 147 cm³/mol. The average molecular weight is 534 g/mol. The summed E-state index contributed by atoms with van der Waals surface area (Å²) < 4.78 is 14.3. The molecule has 4 aromatic rings. The van der Waals surface area contributed by atoms with Crippen molar-refractivity contribution in [1.82, 2.24) is 34.7 Å². The van der Waals surface area contributed by atoms with Crippen molar-refractivity contribution in [3.05, 3.63) is 59.0 Å². The number of imidazole rings is 1. The van der Waals surface area contributed by atoms with Gasteiger partial charge in [0.1, 0.15) is 24.4 Å². The molecule has 1 aromatic carbocycles. The molecule has 0 unspecified atom stereocenters. The van der Waals surface area contributed by atoms with E-state index in [0.29, 0.717) is 41.1 Å². The number of pyridine rings is 1. The van der Waals surface area contributed by atoms with Gasteiger partial charge in [-0.2, -0.15) is 4.98 Å². The lowest BCUT2D eigenvalue weighted by Gasteiger charge is -2.26. The van der Waals surface area contributed by atoms with Crippen molar-refractivity contribution < 1.29 is 9.47 Å². The molecule has 10 heteroatoms. The van der Waals surface area contributed by atoms with Gasteiger partial charge in [-0.1, -0.05) is 29.8 Å². The number of hydrogen-bond acceptors (Lipinski definition) is 8. The van der Waals surface area contributed by atoms with Crippen LogP contribution in [0, 0.1) is 6.92 Å². The van der Waals surface area contributed by atoms with E-state index >= 15 is 0 Å². The smallest absolute Gasteiger partial charge is 0.245 e. The normalized spacial score (nSPS) is 17.0. The minimum atomic E-state index is -0.185. The molecular formula is C28H32ClN7O2. The quantitative estimate of drug-likeness (QED) is 0.344. The van der Waals surface area contributed by atoms with Crippen molar-refractivity contribution in [2.45, 2.75) is 38.8 Å². The first-order chi connectivity index (χ1) is 18.5. The number of benzene rings is 1. The molecule has 0 spiro atoms. The zero-order chi connectivity index (χ0) is 26.1. The molecule has 2 fully saturated rings. The summed E-state index contributed by atoms with van der Waals surface area (Å²) in [5.41, 5.74) is 4.03. The summed E-state index contributed by atoms with van der Waals surface area (Å²) in [5.74, 6) is 1.86. The number of fused-ring (bicyclic) bond motifs is 1. The Kier molecular flexibility index (Phi) is 6.90. The minimum absolute atomic E-state index is 0.185. The van der Waals surface area contributed by atoms with Crippen molar-refractivity contribution in [3.8, 4) is 23.1 Å². The molecule has 3 aromatic heterocycles. The van der Waals surface area contributed by atoms with Gasteiger partial charge in [0.2, 0.25) is 11.8 Å². The van der Waals surface area contributed by atoms with E-state index in [1.807, 2.05) is 43.5 Å². The second-order valence-corrected chi connectivity index (χ2v) is 10.7. The molecular weight excluding hydrogens is 502 g/mol. The third-order valence-corrected chi connectivity index (χ3v) is 7.64. The van der Waals surface area contributed by atoms with Gasteiger partial charge in [0.25, 0.3) is 0 Å². The summed E-state index contributed by atoms with van der Waals surface area (Å²) in [6, 6.07) is 9.80. The second kappa shape index (κ2) is 10.5. The lowest BCUT2D eigenvalue weighted by molar-refractivity contribution is 0.188. The van der Waals surface area contributed by atoms with Crippen LogP contribution in [0.25, 0.3) is 22.6 Å². The first-order valence-electron chi connectivity index (χ1n) is 13.2. The molecule has 1 aliphatic heterocycles. The fourth-order valence-electron chi connectivity index (χ4n) is 4.71. The van der Waals surface area contributed by atoms with Crippen LogP contribution < -0.4 is 14.8 Å². The number of rotatable bonds is 9. The SMILES string of the molecule is Cc1cc(OCCN2CCNCC2)ncc1-c1nc2c(OC3(C)CC3)ncnc2n1Cc1ccccc1Cl. The van der Waals surface area contributed by atoms with Gasteiger partial charge in [-0.05, 0) is 43.9 Å². The van der Waals surface area contributed by atoms with E-state index < -0.39 is 0 Å². The van der Waals surface area contributed by atoms with E-state index in [1.54, 1.807) is 6.33 Å². The molecule has 1 saturated heterocycles. The number of nitrogens with zero attached hydrogens (tertiary/aromatic N) is 6. The fourth-order valence-corrected chi connectivity index (χ4v) is 4.91. The first kappa shape index (κ1) is 25.0. The molecule has 6 rings (SSSR count). The Morgan fingerprint density at radius 1 is 1.11 bits per heavy atom. The van der Waals surface area contributed by atoms with E-state index in [1.165, 1.54) is 0 Å². The third-order valence-electron chi connectivity index (χ3n) is 7.28. The Hall–Kier alpha value is -3.27. The summed E-state index contributed by atoms with van der Waals surface area (Å²) in [7, 11) is 0. The number of aryl methyl sites for hydroxylation is 1.